The fraction of sp³-hybridized carbons (Fsp3) is 0.208. The van der Waals surface area contributed by atoms with Crippen LogP contribution in [0.3, 0.4) is 0 Å². The molecule has 4 rings (SSSR count). The van der Waals surface area contributed by atoms with E-state index in [1.165, 1.54) is 4.90 Å². The van der Waals surface area contributed by atoms with E-state index in [1.54, 1.807) is 46.6 Å². The Bertz CT molecular complexity index is 1270. The summed E-state index contributed by atoms with van der Waals surface area (Å²) in [6.45, 7) is 0.139. The standard InChI is InChI=1S/C24H23N3O5/c1-27(24(28)19-11-15-7-5-6-8-16(15)12-20(19)30-3)14-22-25-23(26-32-22)18-10-9-17(29-2)13-21(18)31-4/h5-13H,14H2,1-4H3. The Kier molecular flexibility index (Phi) is 5.93. The molecule has 0 atom stereocenters. The average Bonchev–Trinajstić information content (AvgIpc) is 3.30. The smallest absolute Gasteiger partial charge is 0.257 e. The molecule has 3 aromatic carbocycles. The number of amides is 1. The lowest BCUT2D eigenvalue weighted by Crippen LogP contribution is -2.26. The maximum absolute atomic E-state index is 13.1. The van der Waals surface area contributed by atoms with Crippen molar-refractivity contribution in [1.29, 1.82) is 0 Å². The molecule has 0 spiro atoms. The number of benzene rings is 3. The van der Waals surface area contributed by atoms with Crippen LogP contribution in [0.15, 0.2) is 59.1 Å². The summed E-state index contributed by atoms with van der Waals surface area (Å²) in [5.41, 5.74) is 1.12. The van der Waals surface area contributed by atoms with E-state index < -0.39 is 0 Å². The first-order valence-corrected chi connectivity index (χ1v) is 9.91. The van der Waals surface area contributed by atoms with E-state index in [1.807, 2.05) is 36.4 Å². The monoisotopic (exact) mass is 433 g/mol. The maximum Gasteiger partial charge on any atom is 0.257 e. The van der Waals surface area contributed by atoms with Crippen LogP contribution < -0.4 is 14.2 Å². The van der Waals surface area contributed by atoms with Crippen molar-refractivity contribution < 1.29 is 23.5 Å². The van der Waals surface area contributed by atoms with E-state index >= 15 is 0 Å². The van der Waals surface area contributed by atoms with Gasteiger partial charge in [-0.25, -0.2) is 0 Å². The van der Waals surface area contributed by atoms with Crippen LogP contribution in [0, 0.1) is 0 Å². The topological polar surface area (TPSA) is 86.9 Å². The van der Waals surface area contributed by atoms with Gasteiger partial charge in [0, 0.05) is 13.1 Å². The fourth-order valence-electron chi connectivity index (χ4n) is 3.45. The summed E-state index contributed by atoms with van der Waals surface area (Å²) in [5.74, 6) is 2.17. The lowest BCUT2D eigenvalue weighted by Gasteiger charge is -2.17. The van der Waals surface area contributed by atoms with E-state index in [9.17, 15) is 4.79 Å². The van der Waals surface area contributed by atoms with E-state index in [-0.39, 0.29) is 12.5 Å². The Morgan fingerprint density at radius 1 is 0.938 bits per heavy atom. The molecule has 1 amide bonds. The van der Waals surface area contributed by atoms with Gasteiger partial charge >= 0.3 is 0 Å². The Morgan fingerprint density at radius 3 is 2.34 bits per heavy atom. The molecule has 0 saturated heterocycles. The first kappa shape index (κ1) is 21.2. The lowest BCUT2D eigenvalue weighted by molar-refractivity contribution is 0.0766. The van der Waals surface area contributed by atoms with Crippen LogP contribution in [0.25, 0.3) is 22.2 Å². The Morgan fingerprint density at radius 2 is 1.66 bits per heavy atom. The zero-order valence-electron chi connectivity index (χ0n) is 18.3. The number of fused-ring (bicyclic) bond motifs is 1. The molecular formula is C24H23N3O5. The van der Waals surface area contributed by atoms with Crippen molar-refractivity contribution in [2.75, 3.05) is 28.4 Å². The van der Waals surface area contributed by atoms with Gasteiger partial charge in [-0.15, -0.1) is 0 Å². The number of aromatic nitrogens is 2. The first-order valence-electron chi connectivity index (χ1n) is 9.91. The molecule has 8 nitrogen and oxygen atoms in total. The van der Waals surface area contributed by atoms with E-state index in [0.29, 0.717) is 40.1 Å². The molecule has 4 aromatic rings. The summed E-state index contributed by atoms with van der Waals surface area (Å²) in [5, 5.41) is 5.99. The van der Waals surface area contributed by atoms with Crippen molar-refractivity contribution in [3.05, 3.63) is 66.1 Å². The summed E-state index contributed by atoms with van der Waals surface area (Å²) < 4.78 is 21.5. The molecule has 1 heterocycles. The third-order valence-electron chi connectivity index (χ3n) is 5.14. The van der Waals surface area contributed by atoms with Gasteiger partial charge in [0.15, 0.2) is 0 Å². The van der Waals surface area contributed by atoms with Gasteiger partial charge in [-0.1, -0.05) is 29.4 Å². The molecular weight excluding hydrogens is 410 g/mol. The van der Waals surface area contributed by atoms with Gasteiger partial charge in [0.1, 0.15) is 23.8 Å². The normalized spacial score (nSPS) is 10.8. The van der Waals surface area contributed by atoms with Crippen LogP contribution in [0.4, 0.5) is 0 Å². The molecule has 32 heavy (non-hydrogen) atoms. The molecule has 0 N–H and O–H groups in total. The number of ether oxygens (including phenoxy) is 3. The van der Waals surface area contributed by atoms with Crippen molar-refractivity contribution >= 4 is 16.7 Å². The highest BCUT2D eigenvalue weighted by molar-refractivity contribution is 6.01. The molecule has 0 saturated carbocycles. The molecule has 8 heteroatoms. The molecule has 0 aliphatic carbocycles. The minimum absolute atomic E-state index is 0.139. The Balaban J connectivity index is 1.57. The van der Waals surface area contributed by atoms with Crippen molar-refractivity contribution in [2.45, 2.75) is 6.54 Å². The quantitative estimate of drug-likeness (QED) is 0.432. The predicted molar refractivity (Wildman–Crippen MR) is 119 cm³/mol. The van der Waals surface area contributed by atoms with Crippen molar-refractivity contribution in [3.8, 4) is 28.6 Å². The van der Waals surface area contributed by atoms with Crippen molar-refractivity contribution in [3.63, 3.8) is 0 Å². The number of carbonyl (C=O) groups is 1. The number of methoxy groups -OCH3 is 3. The average molecular weight is 433 g/mol. The van der Waals surface area contributed by atoms with Crippen LogP contribution >= 0.6 is 0 Å². The van der Waals surface area contributed by atoms with E-state index in [4.69, 9.17) is 18.7 Å². The van der Waals surface area contributed by atoms with Crippen LogP contribution in [0.2, 0.25) is 0 Å². The van der Waals surface area contributed by atoms with Gasteiger partial charge in [0.05, 0.1) is 32.5 Å². The molecule has 164 valence electrons. The maximum atomic E-state index is 13.1. The Labute approximate surface area is 185 Å². The highest BCUT2D eigenvalue weighted by Gasteiger charge is 2.21. The third kappa shape index (κ3) is 4.07. The van der Waals surface area contributed by atoms with Crippen molar-refractivity contribution in [2.24, 2.45) is 0 Å². The molecule has 1 aromatic heterocycles. The zero-order chi connectivity index (χ0) is 22.7. The summed E-state index contributed by atoms with van der Waals surface area (Å²) in [4.78, 5) is 19.1. The Hall–Kier alpha value is -4.07. The van der Waals surface area contributed by atoms with Crippen LogP contribution in [0.5, 0.6) is 17.2 Å². The lowest BCUT2D eigenvalue weighted by atomic mass is 10.0. The largest absolute Gasteiger partial charge is 0.497 e. The minimum Gasteiger partial charge on any atom is -0.497 e. The number of hydrogen-bond acceptors (Lipinski definition) is 7. The molecule has 0 radical (unpaired) electrons. The first-order chi connectivity index (χ1) is 15.5. The SMILES string of the molecule is COc1ccc(-c2noc(CN(C)C(=O)c3cc4ccccc4cc3OC)n2)c(OC)c1. The summed E-state index contributed by atoms with van der Waals surface area (Å²) >= 11 is 0. The number of hydrogen-bond donors (Lipinski definition) is 0. The molecule has 0 aliphatic heterocycles. The number of rotatable bonds is 7. The minimum atomic E-state index is -0.214. The molecule has 0 unspecified atom stereocenters. The van der Waals surface area contributed by atoms with E-state index in [2.05, 4.69) is 10.1 Å². The number of carbonyl (C=O) groups excluding carboxylic acids is 1. The summed E-state index contributed by atoms with van der Waals surface area (Å²) in [7, 11) is 6.36. The molecule has 0 bridgehead atoms. The third-order valence-corrected chi connectivity index (χ3v) is 5.14. The van der Waals surface area contributed by atoms with Gasteiger partial charge in [-0.05, 0) is 35.0 Å². The van der Waals surface area contributed by atoms with Crippen LogP contribution in [-0.4, -0.2) is 49.3 Å². The molecule has 0 fully saturated rings. The van der Waals surface area contributed by atoms with Gasteiger partial charge in [0.2, 0.25) is 11.7 Å². The van der Waals surface area contributed by atoms with E-state index in [0.717, 1.165) is 10.8 Å². The summed E-state index contributed by atoms with van der Waals surface area (Å²) in [6, 6.07) is 16.8. The second-order valence-corrected chi connectivity index (χ2v) is 7.14. The van der Waals surface area contributed by atoms with Gasteiger partial charge in [-0.3, -0.25) is 4.79 Å². The highest BCUT2D eigenvalue weighted by atomic mass is 16.5. The van der Waals surface area contributed by atoms with Crippen molar-refractivity contribution in [1.82, 2.24) is 15.0 Å². The number of nitrogens with zero attached hydrogens (tertiary/aromatic N) is 3. The zero-order valence-corrected chi connectivity index (χ0v) is 18.3. The van der Waals surface area contributed by atoms with Gasteiger partial charge in [0.25, 0.3) is 5.91 Å². The highest BCUT2D eigenvalue weighted by Crippen LogP contribution is 2.32. The van der Waals surface area contributed by atoms with Gasteiger partial charge in [-0.2, -0.15) is 4.98 Å². The second-order valence-electron chi connectivity index (χ2n) is 7.14. The van der Waals surface area contributed by atoms with Gasteiger partial charge < -0.3 is 23.6 Å². The summed E-state index contributed by atoms with van der Waals surface area (Å²) in [6.07, 6.45) is 0. The fourth-order valence-corrected chi connectivity index (χ4v) is 3.45. The van der Waals surface area contributed by atoms with Crippen LogP contribution in [-0.2, 0) is 6.54 Å². The molecule has 0 aliphatic rings. The van der Waals surface area contributed by atoms with Crippen LogP contribution in [0.1, 0.15) is 16.2 Å². The predicted octanol–water partition coefficient (Wildman–Crippen LogP) is 4.19. The second kappa shape index (κ2) is 8.97.